The second-order valence-corrected chi connectivity index (χ2v) is 3.53. The lowest BCUT2D eigenvalue weighted by Crippen LogP contribution is -2.33. The Morgan fingerprint density at radius 2 is 2.12 bits per heavy atom. The van der Waals surface area contributed by atoms with Gasteiger partial charge in [0.15, 0.2) is 0 Å². The Morgan fingerprint density at radius 3 is 2.65 bits per heavy atom. The zero-order valence-electron chi connectivity index (χ0n) is 9.12. The Labute approximate surface area is 96.4 Å². The Morgan fingerprint density at radius 1 is 1.47 bits per heavy atom. The van der Waals surface area contributed by atoms with Gasteiger partial charge in [-0.2, -0.15) is 13.2 Å². The summed E-state index contributed by atoms with van der Waals surface area (Å²) in [6.45, 7) is 0. The van der Waals surface area contributed by atoms with Crippen LogP contribution in [0.25, 0.3) is 0 Å². The average Bonchev–Trinajstić information content (AvgIpc) is 2.27. The van der Waals surface area contributed by atoms with Crippen LogP contribution >= 0.6 is 0 Å². The zero-order chi connectivity index (χ0) is 13.1. The first kappa shape index (κ1) is 13.5. The van der Waals surface area contributed by atoms with Gasteiger partial charge in [-0.3, -0.25) is 4.79 Å². The first-order chi connectivity index (χ1) is 7.84. The Kier molecular flexibility index (Phi) is 4.11. The summed E-state index contributed by atoms with van der Waals surface area (Å²) in [6, 6.07) is 3.75. The molecule has 1 rings (SSSR count). The molecule has 0 aliphatic heterocycles. The molecule has 0 bridgehead atoms. The van der Waals surface area contributed by atoms with Gasteiger partial charge in [0.2, 0.25) is 0 Å². The number of methoxy groups -OCH3 is 1. The van der Waals surface area contributed by atoms with E-state index in [1.165, 1.54) is 19.2 Å². The summed E-state index contributed by atoms with van der Waals surface area (Å²) in [5.41, 5.74) is 5.05. The number of nitrogens with two attached hydrogens (primary N) is 1. The molecule has 0 aliphatic rings. The van der Waals surface area contributed by atoms with Crippen LogP contribution in [0.5, 0.6) is 0 Å². The highest BCUT2D eigenvalue weighted by atomic mass is 19.4. The Hall–Kier alpha value is -1.56. The zero-order valence-corrected chi connectivity index (χ0v) is 9.12. The van der Waals surface area contributed by atoms with Crippen LogP contribution in [0.4, 0.5) is 13.2 Å². The van der Waals surface area contributed by atoms with E-state index >= 15 is 0 Å². The second-order valence-electron chi connectivity index (χ2n) is 3.53. The van der Waals surface area contributed by atoms with Crippen LogP contribution in [-0.4, -0.2) is 19.1 Å². The smallest absolute Gasteiger partial charge is 0.416 e. The first-order valence-electron chi connectivity index (χ1n) is 4.84. The molecule has 3 nitrogen and oxygen atoms in total. The molecule has 1 aromatic carbocycles. The minimum atomic E-state index is -4.40. The van der Waals surface area contributed by atoms with Crippen molar-refractivity contribution in [1.29, 1.82) is 0 Å². The molecule has 94 valence electrons. The molecule has 0 radical (unpaired) electrons. The van der Waals surface area contributed by atoms with Crippen LogP contribution in [0.1, 0.15) is 11.1 Å². The van der Waals surface area contributed by atoms with Gasteiger partial charge in [-0.15, -0.1) is 0 Å². The predicted molar refractivity (Wildman–Crippen MR) is 55.1 cm³/mol. The molecule has 1 unspecified atom stereocenters. The lowest BCUT2D eigenvalue weighted by Gasteiger charge is -2.11. The normalized spacial score (nSPS) is 13.2. The van der Waals surface area contributed by atoms with Crippen LogP contribution in [0.2, 0.25) is 0 Å². The van der Waals surface area contributed by atoms with Gasteiger partial charge < -0.3 is 10.5 Å². The molecular weight excluding hydrogens is 235 g/mol. The van der Waals surface area contributed by atoms with E-state index in [0.717, 1.165) is 12.1 Å². The molecule has 0 spiro atoms. The topological polar surface area (TPSA) is 52.3 Å². The third-order valence-corrected chi connectivity index (χ3v) is 2.21. The van der Waals surface area contributed by atoms with Crippen LogP contribution in [0.15, 0.2) is 24.3 Å². The van der Waals surface area contributed by atoms with Crippen molar-refractivity contribution in [2.45, 2.75) is 18.6 Å². The lowest BCUT2D eigenvalue weighted by molar-refractivity contribution is -0.142. The van der Waals surface area contributed by atoms with E-state index in [1.54, 1.807) is 0 Å². The number of hydrogen-bond acceptors (Lipinski definition) is 3. The Bertz CT molecular complexity index is 404. The predicted octanol–water partition coefficient (Wildman–Crippen LogP) is 1.75. The van der Waals surface area contributed by atoms with E-state index < -0.39 is 23.8 Å². The monoisotopic (exact) mass is 247 g/mol. The molecule has 0 aromatic heterocycles. The van der Waals surface area contributed by atoms with Crippen LogP contribution in [-0.2, 0) is 22.1 Å². The molecule has 1 atom stereocenters. The minimum absolute atomic E-state index is 0.0105. The van der Waals surface area contributed by atoms with Gasteiger partial charge in [0, 0.05) is 0 Å². The van der Waals surface area contributed by atoms with Crippen LogP contribution in [0, 0.1) is 0 Å². The quantitative estimate of drug-likeness (QED) is 0.828. The molecule has 0 saturated carbocycles. The minimum Gasteiger partial charge on any atom is -0.468 e. The summed E-state index contributed by atoms with van der Waals surface area (Å²) in [6.07, 6.45) is -4.39. The van der Waals surface area contributed by atoms with Gasteiger partial charge in [-0.1, -0.05) is 18.2 Å². The van der Waals surface area contributed by atoms with Gasteiger partial charge in [-0.05, 0) is 18.1 Å². The molecule has 0 heterocycles. The van der Waals surface area contributed by atoms with Gasteiger partial charge in [0.1, 0.15) is 6.04 Å². The maximum absolute atomic E-state index is 12.4. The maximum Gasteiger partial charge on any atom is 0.416 e. The number of benzene rings is 1. The number of esters is 1. The van der Waals surface area contributed by atoms with Gasteiger partial charge in [0.25, 0.3) is 0 Å². The van der Waals surface area contributed by atoms with E-state index in [4.69, 9.17) is 5.73 Å². The SMILES string of the molecule is COC(=O)C(N)Cc1cccc(C(F)(F)F)c1. The molecule has 17 heavy (non-hydrogen) atoms. The molecule has 0 amide bonds. The van der Waals surface area contributed by atoms with E-state index in [0.29, 0.717) is 5.56 Å². The maximum atomic E-state index is 12.4. The van der Waals surface area contributed by atoms with Gasteiger partial charge in [0.05, 0.1) is 12.7 Å². The Balaban J connectivity index is 2.83. The summed E-state index contributed by atoms with van der Waals surface area (Å²) < 4.78 is 41.6. The van der Waals surface area contributed by atoms with Gasteiger partial charge in [-0.25, -0.2) is 0 Å². The van der Waals surface area contributed by atoms with Crippen molar-refractivity contribution in [3.8, 4) is 0 Å². The fourth-order valence-electron chi connectivity index (χ4n) is 1.36. The van der Waals surface area contributed by atoms with Crippen molar-refractivity contribution in [2.24, 2.45) is 5.73 Å². The molecular formula is C11H12F3NO2. The average molecular weight is 247 g/mol. The fourth-order valence-corrected chi connectivity index (χ4v) is 1.36. The number of rotatable bonds is 3. The third-order valence-electron chi connectivity index (χ3n) is 2.21. The second kappa shape index (κ2) is 5.18. The third kappa shape index (κ3) is 3.74. The number of carbonyl (C=O) groups excluding carboxylic acids is 1. The number of ether oxygens (including phenoxy) is 1. The van der Waals surface area contributed by atoms with Crippen molar-refractivity contribution < 1.29 is 22.7 Å². The van der Waals surface area contributed by atoms with Gasteiger partial charge >= 0.3 is 12.1 Å². The highest BCUT2D eigenvalue weighted by Gasteiger charge is 2.30. The van der Waals surface area contributed by atoms with Crippen molar-refractivity contribution in [3.05, 3.63) is 35.4 Å². The molecule has 2 N–H and O–H groups in total. The number of carbonyl (C=O) groups is 1. The standard InChI is InChI=1S/C11H12F3NO2/c1-17-10(16)9(15)6-7-3-2-4-8(5-7)11(12,13)14/h2-5,9H,6,15H2,1H3. The summed E-state index contributed by atoms with van der Waals surface area (Å²) in [5.74, 6) is -0.651. The summed E-state index contributed by atoms with van der Waals surface area (Å²) in [7, 11) is 1.17. The number of halogens is 3. The van der Waals surface area contributed by atoms with Crippen molar-refractivity contribution in [1.82, 2.24) is 0 Å². The van der Waals surface area contributed by atoms with Crippen LogP contribution < -0.4 is 5.73 Å². The summed E-state index contributed by atoms with van der Waals surface area (Å²) in [5, 5.41) is 0. The van der Waals surface area contributed by atoms with Crippen molar-refractivity contribution in [2.75, 3.05) is 7.11 Å². The van der Waals surface area contributed by atoms with Crippen molar-refractivity contribution >= 4 is 5.97 Å². The molecule has 0 aliphatic carbocycles. The largest absolute Gasteiger partial charge is 0.468 e. The molecule has 0 fully saturated rings. The highest BCUT2D eigenvalue weighted by Crippen LogP contribution is 2.29. The fraction of sp³-hybridized carbons (Fsp3) is 0.364. The van der Waals surface area contributed by atoms with E-state index in [1.807, 2.05) is 0 Å². The summed E-state index contributed by atoms with van der Waals surface area (Å²) >= 11 is 0. The van der Waals surface area contributed by atoms with E-state index in [9.17, 15) is 18.0 Å². The molecule has 0 saturated heterocycles. The summed E-state index contributed by atoms with van der Waals surface area (Å²) in [4.78, 5) is 11.0. The van der Waals surface area contributed by atoms with E-state index in [-0.39, 0.29) is 6.42 Å². The van der Waals surface area contributed by atoms with Crippen molar-refractivity contribution in [3.63, 3.8) is 0 Å². The van der Waals surface area contributed by atoms with E-state index in [2.05, 4.69) is 4.74 Å². The molecule has 6 heteroatoms. The first-order valence-corrected chi connectivity index (χ1v) is 4.84. The highest BCUT2D eigenvalue weighted by molar-refractivity contribution is 5.75. The number of alkyl halides is 3. The lowest BCUT2D eigenvalue weighted by atomic mass is 10.0. The number of hydrogen-bond donors (Lipinski definition) is 1. The van der Waals surface area contributed by atoms with Crippen LogP contribution in [0.3, 0.4) is 0 Å². The molecule has 1 aromatic rings.